The zero-order chi connectivity index (χ0) is 9.90. The van der Waals surface area contributed by atoms with E-state index in [-0.39, 0.29) is 5.04 Å². The van der Waals surface area contributed by atoms with E-state index in [1.54, 1.807) is 0 Å². The molecule has 0 saturated carbocycles. The van der Waals surface area contributed by atoms with Crippen LogP contribution in [0.15, 0.2) is 41.9 Å². The van der Waals surface area contributed by atoms with Crippen molar-refractivity contribution in [2.45, 2.75) is 18.4 Å². The standard InChI is InChI=1S/C11H15ClSi/c1-3-11(13,9(2)12)10-7-5-4-6-8-10/h4-8H,2-3H2,1,13H3. The smallest absolute Gasteiger partial charge is 0.0229 e. The summed E-state index contributed by atoms with van der Waals surface area (Å²) in [5.74, 6) is 0. The van der Waals surface area contributed by atoms with Gasteiger partial charge in [-0.05, 0) is 12.0 Å². The van der Waals surface area contributed by atoms with Gasteiger partial charge >= 0.3 is 0 Å². The summed E-state index contributed by atoms with van der Waals surface area (Å²) in [4.78, 5) is 0. The van der Waals surface area contributed by atoms with Gasteiger partial charge in [-0.25, -0.2) is 0 Å². The minimum atomic E-state index is 0.0445. The number of hydrogen-bond donors (Lipinski definition) is 0. The van der Waals surface area contributed by atoms with Crippen LogP contribution in [0.5, 0.6) is 0 Å². The van der Waals surface area contributed by atoms with Crippen molar-refractivity contribution in [3.63, 3.8) is 0 Å². The number of hydrogen-bond acceptors (Lipinski definition) is 0. The van der Waals surface area contributed by atoms with Gasteiger partial charge in [-0.3, -0.25) is 0 Å². The van der Waals surface area contributed by atoms with Crippen molar-refractivity contribution in [3.05, 3.63) is 47.5 Å². The lowest BCUT2D eigenvalue weighted by atomic mass is 9.95. The minimum absolute atomic E-state index is 0.0445. The molecule has 1 aromatic carbocycles. The summed E-state index contributed by atoms with van der Waals surface area (Å²) in [6, 6.07) is 10.4. The summed E-state index contributed by atoms with van der Waals surface area (Å²) >= 11 is 6.06. The molecule has 1 rings (SSSR count). The third-order valence-corrected chi connectivity index (χ3v) is 5.34. The lowest BCUT2D eigenvalue weighted by Gasteiger charge is -2.27. The molecule has 0 radical (unpaired) electrons. The molecule has 0 bridgehead atoms. The van der Waals surface area contributed by atoms with Crippen LogP contribution in [0.25, 0.3) is 0 Å². The van der Waals surface area contributed by atoms with Gasteiger partial charge < -0.3 is 0 Å². The molecule has 0 spiro atoms. The Morgan fingerprint density at radius 2 is 2.00 bits per heavy atom. The highest BCUT2D eigenvalue weighted by molar-refractivity contribution is 6.36. The molecular formula is C11H15ClSi. The van der Waals surface area contributed by atoms with E-state index < -0.39 is 0 Å². The summed E-state index contributed by atoms with van der Waals surface area (Å²) in [6.45, 7) is 6.03. The highest BCUT2D eigenvalue weighted by Crippen LogP contribution is 2.33. The van der Waals surface area contributed by atoms with Crippen LogP contribution in [-0.2, 0) is 5.04 Å². The van der Waals surface area contributed by atoms with Gasteiger partial charge in [0, 0.05) is 20.3 Å². The van der Waals surface area contributed by atoms with Crippen molar-refractivity contribution in [1.29, 1.82) is 0 Å². The Morgan fingerprint density at radius 1 is 1.46 bits per heavy atom. The van der Waals surface area contributed by atoms with Crippen LogP contribution in [0.4, 0.5) is 0 Å². The fraction of sp³-hybridized carbons (Fsp3) is 0.273. The topological polar surface area (TPSA) is 0 Å². The maximum absolute atomic E-state index is 6.06. The van der Waals surface area contributed by atoms with E-state index in [2.05, 4.69) is 37.8 Å². The number of allylic oxidation sites excluding steroid dienone is 1. The highest BCUT2D eigenvalue weighted by Gasteiger charge is 2.26. The van der Waals surface area contributed by atoms with Gasteiger partial charge in [0.25, 0.3) is 0 Å². The molecule has 0 aliphatic heterocycles. The zero-order valence-corrected chi connectivity index (χ0v) is 10.9. The lowest BCUT2D eigenvalue weighted by Crippen LogP contribution is -2.25. The first-order valence-corrected chi connectivity index (χ1v) is 5.89. The van der Waals surface area contributed by atoms with E-state index in [1.165, 1.54) is 5.56 Å². The van der Waals surface area contributed by atoms with Crippen molar-refractivity contribution >= 4 is 21.8 Å². The second kappa shape index (κ2) is 4.12. The van der Waals surface area contributed by atoms with Crippen LogP contribution in [0.2, 0.25) is 0 Å². The average Bonchev–Trinajstić information content (AvgIpc) is 2.17. The average molecular weight is 211 g/mol. The van der Waals surface area contributed by atoms with Gasteiger partial charge in [-0.1, -0.05) is 55.4 Å². The molecule has 0 heterocycles. The summed E-state index contributed by atoms with van der Waals surface area (Å²) < 4.78 is 0. The Morgan fingerprint density at radius 3 is 2.38 bits per heavy atom. The van der Waals surface area contributed by atoms with Crippen molar-refractivity contribution in [2.24, 2.45) is 0 Å². The first kappa shape index (κ1) is 10.5. The van der Waals surface area contributed by atoms with Gasteiger partial charge in [0.05, 0.1) is 0 Å². The van der Waals surface area contributed by atoms with Crippen LogP contribution in [0, 0.1) is 0 Å². The monoisotopic (exact) mass is 210 g/mol. The summed E-state index contributed by atoms with van der Waals surface area (Å²) in [5, 5.41) is 0.816. The molecule has 0 aliphatic rings. The van der Waals surface area contributed by atoms with E-state index in [0.717, 1.165) is 21.7 Å². The van der Waals surface area contributed by atoms with Gasteiger partial charge in [-0.2, -0.15) is 0 Å². The van der Waals surface area contributed by atoms with Crippen molar-refractivity contribution < 1.29 is 0 Å². The van der Waals surface area contributed by atoms with Crippen molar-refractivity contribution in [1.82, 2.24) is 0 Å². The predicted molar refractivity (Wildman–Crippen MR) is 63.3 cm³/mol. The third kappa shape index (κ3) is 2.04. The molecular weight excluding hydrogens is 196 g/mol. The third-order valence-electron chi connectivity index (χ3n) is 2.72. The maximum Gasteiger partial charge on any atom is 0.0229 e. The molecule has 0 saturated heterocycles. The lowest BCUT2D eigenvalue weighted by molar-refractivity contribution is 0.710. The molecule has 1 aromatic rings. The molecule has 2 heteroatoms. The van der Waals surface area contributed by atoms with Gasteiger partial charge in [0.2, 0.25) is 0 Å². The normalized spacial score (nSPS) is 15.2. The molecule has 0 aromatic heterocycles. The number of benzene rings is 1. The Labute approximate surface area is 88.0 Å². The summed E-state index contributed by atoms with van der Waals surface area (Å²) in [5.41, 5.74) is 1.30. The van der Waals surface area contributed by atoms with E-state index in [0.29, 0.717) is 0 Å². The molecule has 0 aliphatic carbocycles. The van der Waals surface area contributed by atoms with Gasteiger partial charge in [-0.15, -0.1) is 0 Å². The summed E-state index contributed by atoms with van der Waals surface area (Å²) in [6.07, 6.45) is 1.03. The fourth-order valence-electron chi connectivity index (χ4n) is 1.36. The Kier molecular flexibility index (Phi) is 3.34. The molecule has 0 N–H and O–H groups in total. The van der Waals surface area contributed by atoms with E-state index in [4.69, 9.17) is 11.6 Å². The quantitative estimate of drug-likeness (QED) is 0.673. The number of halogens is 1. The van der Waals surface area contributed by atoms with E-state index >= 15 is 0 Å². The van der Waals surface area contributed by atoms with Crippen LogP contribution in [-0.4, -0.2) is 10.2 Å². The van der Waals surface area contributed by atoms with Crippen LogP contribution < -0.4 is 0 Å². The molecule has 0 nitrogen and oxygen atoms in total. The Hall–Kier alpha value is -0.533. The first-order valence-electron chi connectivity index (χ1n) is 4.51. The molecule has 1 atom stereocenters. The zero-order valence-electron chi connectivity index (χ0n) is 8.18. The van der Waals surface area contributed by atoms with Crippen LogP contribution >= 0.6 is 11.6 Å². The Balaban J connectivity index is 3.11. The number of rotatable bonds is 3. The van der Waals surface area contributed by atoms with Crippen LogP contribution in [0.1, 0.15) is 18.9 Å². The van der Waals surface area contributed by atoms with E-state index in [9.17, 15) is 0 Å². The van der Waals surface area contributed by atoms with Gasteiger partial charge in [0.1, 0.15) is 0 Å². The SMILES string of the molecule is C=C(Cl)C([SiH3])(CC)c1ccccc1. The van der Waals surface area contributed by atoms with Crippen LogP contribution in [0.3, 0.4) is 0 Å². The maximum atomic E-state index is 6.06. The molecule has 13 heavy (non-hydrogen) atoms. The predicted octanol–water partition coefficient (Wildman–Crippen LogP) is 2.41. The molecule has 70 valence electrons. The fourth-order valence-corrected chi connectivity index (χ4v) is 1.93. The molecule has 0 fully saturated rings. The highest BCUT2D eigenvalue weighted by atomic mass is 35.5. The minimum Gasteiger partial charge on any atom is -0.0892 e. The first-order chi connectivity index (χ1) is 6.11. The molecule has 0 amide bonds. The van der Waals surface area contributed by atoms with E-state index in [1.807, 2.05) is 6.07 Å². The van der Waals surface area contributed by atoms with Crippen molar-refractivity contribution in [2.75, 3.05) is 0 Å². The Bertz CT molecular complexity index is 294. The largest absolute Gasteiger partial charge is 0.0892 e. The summed E-state index contributed by atoms with van der Waals surface area (Å²) in [7, 11) is 1.01. The second-order valence-corrected chi connectivity index (χ2v) is 5.62. The second-order valence-electron chi connectivity index (χ2n) is 3.46. The van der Waals surface area contributed by atoms with Crippen molar-refractivity contribution in [3.8, 4) is 0 Å². The molecule has 1 unspecified atom stereocenters. The van der Waals surface area contributed by atoms with Gasteiger partial charge in [0.15, 0.2) is 0 Å².